The van der Waals surface area contributed by atoms with E-state index in [9.17, 15) is 9.18 Å². The van der Waals surface area contributed by atoms with Gasteiger partial charge in [0.2, 0.25) is 5.76 Å². The Morgan fingerprint density at radius 1 is 1.20 bits per heavy atom. The summed E-state index contributed by atoms with van der Waals surface area (Å²) in [4.78, 5) is 18.7. The van der Waals surface area contributed by atoms with Crippen molar-refractivity contribution in [1.82, 2.24) is 15.0 Å². The Balaban J connectivity index is 1.59. The molecule has 0 radical (unpaired) electrons. The lowest BCUT2D eigenvalue weighted by molar-refractivity contribution is 0.0693. The number of aromatic nitrogens is 2. The zero-order valence-corrected chi connectivity index (χ0v) is 13.4. The van der Waals surface area contributed by atoms with E-state index in [1.165, 1.54) is 12.1 Å². The summed E-state index contributed by atoms with van der Waals surface area (Å²) >= 11 is 0. The van der Waals surface area contributed by atoms with E-state index in [1.807, 2.05) is 12.1 Å². The predicted molar refractivity (Wildman–Crippen MR) is 89.1 cm³/mol. The minimum absolute atomic E-state index is 0.0122. The molecule has 1 fully saturated rings. The van der Waals surface area contributed by atoms with Crippen LogP contribution in [0.2, 0.25) is 0 Å². The average Bonchev–Trinajstić information content (AvgIpc) is 3.32. The van der Waals surface area contributed by atoms with Crippen LogP contribution < -0.4 is 0 Å². The number of amides is 1. The number of nitrogens with zero attached hydrogens (tertiary/aromatic N) is 3. The summed E-state index contributed by atoms with van der Waals surface area (Å²) in [6, 6.07) is 11.5. The lowest BCUT2D eigenvalue weighted by atomic mass is 10.1. The summed E-state index contributed by atoms with van der Waals surface area (Å²) in [6.45, 7) is 0.668. The smallest absolute Gasteiger partial charge is 0.292 e. The largest absolute Gasteiger partial charge is 0.350 e. The van der Waals surface area contributed by atoms with E-state index in [1.54, 1.807) is 35.5 Å². The molecule has 0 N–H and O–H groups in total. The number of rotatable bonds is 3. The van der Waals surface area contributed by atoms with Gasteiger partial charge >= 0.3 is 0 Å². The van der Waals surface area contributed by atoms with Gasteiger partial charge in [-0.05, 0) is 42.7 Å². The van der Waals surface area contributed by atoms with Gasteiger partial charge in [-0.2, -0.15) is 0 Å². The molecule has 0 saturated carbocycles. The standard InChI is InChI=1S/C19H16FN3O2/c20-15-4-1-3-14(11-15)16-12-18(25-22-16)19(24)23-10-2-5-17(23)13-6-8-21-9-7-13/h1,3-4,6-9,11-12,17H,2,5,10H2/t17-/m1/s1. The quantitative estimate of drug-likeness (QED) is 0.728. The third-order valence-electron chi connectivity index (χ3n) is 4.45. The Bertz CT molecular complexity index is 894. The van der Waals surface area contributed by atoms with Gasteiger partial charge in [-0.3, -0.25) is 9.78 Å². The molecule has 0 aliphatic carbocycles. The molecule has 0 spiro atoms. The Morgan fingerprint density at radius 3 is 2.84 bits per heavy atom. The van der Waals surface area contributed by atoms with Gasteiger partial charge in [-0.25, -0.2) is 4.39 Å². The van der Waals surface area contributed by atoms with Crippen molar-refractivity contribution < 1.29 is 13.7 Å². The first-order valence-corrected chi connectivity index (χ1v) is 8.16. The van der Waals surface area contributed by atoms with Gasteiger partial charge in [0, 0.05) is 30.6 Å². The molecule has 2 aromatic heterocycles. The molecule has 1 saturated heterocycles. The fourth-order valence-corrected chi connectivity index (χ4v) is 3.24. The number of benzene rings is 1. The maximum atomic E-state index is 13.4. The highest BCUT2D eigenvalue weighted by Crippen LogP contribution is 2.33. The van der Waals surface area contributed by atoms with Crippen LogP contribution in [-0.2, 0) is 0 Å². The van der Waals surface area contributed by atoms with E-state index in [0.29, 0.717) is 17.8 Å². The van der Waals surface area contributed by atoms with Gasteiger partial charge in [0.25, 0.3) is 5.91 Å². The monoisotopic (exact) mass is 337 g/mol. The molecule has 3 aromatic rings. The second-order valence-electron chi connectivity index (χ2n) is 6.02. The first-order chi connectivity index (χ1) is 12.2. The number of hydrogen-bond donors (Lipinski definition) is 0. The minimum atomic E-state index is -0.356. The molecule has 4 rings (SSSR count). The van der Waals surface area contributed by atoms with E-state index in [2.05, 4.69) is 10.1 Å². The number of carbonyl (C=O) groups is 1. The first kappa shape index (κ1) is 15.5. The van der Waals surface area contributed by atoms with E-state index in [0.717, 1.165) is 18.4 Å². The summed E-state index contributed by atoms with van der Waals surface area (Å²) < 4.78 is 18.6. The molecule has 0 unspecified atom stereocenters. The van der Waals surface area contributed by atoms with Gasteiger partial charge in [0.1, 0.15) is 11.5 Å². The van der Waals surface area contributed by atoms with E-state index < -0.39 is 0 Å². The third-order valence-corrected chi connectivity index (χ3v) is 4.45. The lowest BCUT2D eigenvalue weighted by Crippen LogP contribution is -2.30. The third kappa shape index (κ3) is 3.03. The van der Waals surface area contributed by atoms with Gasteiger partial charge in [0.15, 0.2) is 0 Å². The SMILES string of the molecule is O=C(c1cc(-c2cccc(F)c2)no1)N1CCC[C@@H]1c1ccncc1. The van der Waals surface area contributed by atoms with Gasteiger partial charge in [0.05, 0.1) is 6.04 Å². The fraction of sp³-hybridized carbons (Fsp3) is 0.211. The number of pyridine rings is 1. The Hall–Kier alpha value is -3.02. The van der Waals surface area contributed by atoms with Gasteiger partial charge in [-0.1, -0.05) is 17.3 Å². The second-order valence-corrected chi connectivity index (χ2v) is 6.02. The number of carbonyl (C=O) groups excluding carboxylic acids is 1. The Morgan fingerprint density at radius 2 is 2.04 bits per heavy atom. The lowest BCUT2D eigenvalue weighted by Gasteiger charge is -2.23. The fourth-order valence-electron chi connectivity index (χ4n) is 3.24. The molecule has 6 heteroatoms. The maximum Gasteiger partial charge on any atom is 0.292 e. The highest BCUT2D eigenvalue weighted by atomic mass is 19.1. The van der Waals surface area contributed by atoms with Crippen LogP contribution in [-0.4, -0.2) is 27.5 Å². The summed E-state index contributed by atoms with van der Waals surface area (Å²) in [6.07, 6.45) is 5.30. The molecule has 5 nitrogen and oxygen atoms in total. The van der Waals surface area contributed by atoms with Crippen LogP contribution in [0.4, 0.5) is 4.39 Å². The topological polar surface area (TPSA) is 59.2 Å². The van der Waals surface area contributed by atoms with E-state index in [-0.39, 0.29) is 23.5 Å². The van der Waals surface area contributed by atoms with E-state index >= 15 is 0 Å². The summed E-state index contributed by atoms with van der Waals surface area (Å²) in [7, 11) is 0. The minimum Gasteiger partial charge on any atom is -0.350 e. The molecule has 1 aromatic carbocycles. The van der Waals surface area contributed by atoms with Crippen molar-refractivity contribution in [2.45, 2.75) is 18.9 Å². The van der Waals surface area contributed by atoms with E-state index in [4.69, 9.17) is 4.52 Å². The highest BCUT2D eigenvalue weighted by Gasteiger charge is 2.32. The van der Waals surface area contributed by atoms with Crippen LogP contribution in [0.3, 0.4) is 0 Å². The van der Waals surface area contributed by atoms with Crippen molar-refractivity contribution in [3.8, 4) is 11.3 Å². The van der Waals surface area contributed by atoms with Crippen LogP contribution in [0.25, 0.3) is 11.3 Å². The second kappa shape index (κ2) is 6.47. The molecule has 0 bridgehead atoms. The van der Waals surface area contributed by atoms with Crippen molar-refractivity contribution in [2.75, 3.05) is 6.54 Å². The van der Waals surface area contributed by atoms with Crippen molar-refractivity contribution in [1.29, 1.82) is 0 Å². The maximum absolute atomic E-state index is 13.4. The number of halogens is 1. The molecular weight excluding hydrogens is 321 g/mol. The molecule has 25 heavy (non-hydrogen) atoms. The van der Waals surface area contributed by atoms with Crippen LogP contribution in [0.15, 0.2) is 59.4 Å². The zero-order valence-electron chi connectivity index (χ0n) is 13.4. The first-order valence-electron chi connectivity index (χ1n) is 8.16. The summed E-state index contributed by atoms with van der Waals surface area (Å²) in [5, 5.41) is 3.92. The number of likely N-dealkylation sites (tertiary alicyclic amines) is 1. The van der Waals surface area contributed by atoms with Crippen LogP contribution in [0, 0.1) is 5.82 Å². The molecule has 1 aliphatic rings. The van der Waals surface area contributed by atoms with Gasteiger partial charge < -0.3 is 9.42 Å². The Kier molecular flexibility index (Phi) is 4.01. The van der Waals surface area contributed by atoms with Crippen molar-refractivity contribution in [3.63, 3.8) is 0 Å². The normalized spacial score (nSPS) is 17.0. The van der Waals surface area contributed by atoms with Crippen LogP contribution in [0.5, 0.6) is 0 Å². The van der Waals surface area contributed by atoms with Crippen LogP contribution >= 0.6 is 0 Å². The van der Waals surface area contributed by atoms with Crippen molar-refractivity contribution in [2.24, 2.45) is 0 Å². The molecule has 3 heterocycles. The molecule has 1 aliphatic heterocycles. The summed E-state index contributed by atoms with van der Waals surface area (Å²) in [5.41, 5.74) is 2.09. The highest BCUT2D eigenvalue weighted by molar-refractivity contribution is 5.93. The zero-order chi connectivity index (χ0) is 17.2. The molecule has 1 amide bonds. The van der Waals surface area contributed by atoms with Crippen LogP contribution in [0.1, 0.15) is 35.0 Å². The summed E-state index contributed by atoms with van der Waals surface area (Å²) in [5.74, 6) is -0.389. The predicted octanol–water partition coefficient (Wildman–Crippen LogP) is 3.85. The van der Waals surface area contributed by atoms with Gasteiger partial charge in [-0.15, -0.1) is 0 Å². The van der Waals surface area contributed by atoms with Crippen molar-refractivity contribution in [3.05, 3.63) is 72.0 Å². The molecule has 1 atom stereocenters. The Labute approximate surface area is 144 Å². The molecular formula is C19H16FN3O2. The van der Waals surface area contributed by atoms with Crippen molar-refractivity contribution >= 4 is 5.91 Å². The average molecular weight is 337 g/mol. The molecule has 126 valence electrons. The number of hydrogen-bond acceptors (Lipinski definition) is 4.